The maximum Gasteiger partial charge on any atom is 0.271 e. The van der Waals surface area contributed by atoms with Gasteiger partial charge in [0.25, 0.3) is 5.91 Å². The maximum atomic E-state index is 12.3. The second kappa shape index (κ2) is 7.29. The van der Waals surface area contributed by atoms with Crippen molar-refractivity contribution in [2.45, 2.75) is 39.0 Å². The van der Waals surface area contributed by atoms with E-state index in [1.54, 1.807) is 5.38 Å². The van der Waals surface area contributed by atoms with E-state index in [9.17, 15) is 4.79 Å². The van der Waals surface area contributed by atoms with Crippen molar-refractivity contribution in [1.82, 2.24) is 15.5 Å². The van der Waals surface area contributed by atoms with Crippen molar-refractivity contribution in [3.05, 3.63) is 28.1 Å². The molecule has 24 heavy (non-hydrogen) atoms. The Morgan fingerprint density at radius 3 is 3.04 bits per heavy atom. The Labute approximate surface area is 143 Å². The van der Waals surface area contributed by atoms with Crippen LogP contribution in [0.5, 0.6) is 0 Å². The molecular formula is C15H20N4O4S. The number of rotatable bonds is 5. The molecular weight excluding hydrogens is 332 g/mol. The molecule has 3 N–H and O–H groups in total. The van der Waals surface area contributed by atoms with Gasteiger partial charge in [-0.25, -0.2) is 4.98 Å². The summed E-state index contributed by atoms with van der Waals surface area (Å²) in [4.78, 5) is 16.2. The highest BCUT2D eigenvalue weighted by Gasteiger charge is 2.29. The third-order valence-corrected chi connectivity index (χ3v) is 4.66. The number of nitrogens with zero attached hydrogens (tertiary/aromatic N) is 2. The lowest BCUT2D eigenvalue weighted by Gasteiger charge is -2.31. The summed E-state index contributed by atoms with van der Waals surface area (Å²) >= 11 is 1.23. The Morgan fingerprint density at radius 1 is 1.54 bits per heavy atom. The lowest BCUT2D eigenvalue weighted by molar-refractivity contribution is -0.0608. The number of amides is 1. The van der Waals surface area contributed by atoms with Gasteiger partial charge in [0.2, 0.25) is 0 Å². The first kappa shape index (κ1) is 16.9. The highest BCUT2D eigenvalue weighted by molar-refractivity contribution is 7.13. The highest BCUT2D eigenvalue weighted by Crippen LogP contribution is 2.19. The van der Waals surface area contributed by atoms with Crippen molar-refractivity contribution in [2.75, 3.05) is 18.9 Å². The van der Waals surface area contributed by atoms with Gasteiger partial charge in [-0.1, -0.05) is 5.16 Å². The fourth-order valence-corrected chi connectivity index (χ4v) is 3.13. The summed E-state index contributed by atoms with van der Waals surface area (Å²) in [6.45, 7) is 5.13. The average molecular weight is 352 g/mol. The zero-order chi connectivity index (χ0) is 17.1. The zero-order valence-electron chi connectivity index (χ0n) is 13.6. The predicted molar refractivity (Wildman–Crippen MR) is 87.8 cm³/mol. The van der Waals surface area contributed by atoms with Crippen LogP contribution in [-0.2, 0) is 16.1 Å². The molecule has 130 valence electrons. The summed E-state index contributed by atoms with van der Waals surface area (Å²) in [6, 6.07) is -0.241. The summed E-state index contributed by atoms with van der Waals surface area (Å²) in [5.74, 6) is 0.475. The quantitative estimate of drug-likeness (QED) is 0.837. The van der Waals surface area contributed by atoms with E-state index >= 15 is 0 Å². The number of aromatic nitrogens is 2. The van der Waals surface area contributed by atoms with Crippen LogP contribution < -0.4 is 11.1 Å². The van der Waals surface area contributed by atoms with Crippen molar-refractivity contribution in [3.8, 4) is 0 Å². The van der Waals surface area contributed by atoms with Crippen LogP contribution in [0.2, 0.25) is 0 Å². The lowest BCUT2D eigenvalue weighted by atomic mass is 10.1. The van der Waals surface area contributed by atoms with Gasteiger partial charge in [0.15, 0.2) is 5.13 Å². The minimum absolute atomic E-state index is 0.146. The van der Waals surface area contributed by atoms with E-state index in [0.717, 1.165) is 17.0 Å². The van der Waals surface area contributed by atoms with Crippen molar-refractivity contribution in [1.29, 1.82) is 0 Å². The molecule has 0 saturated carbocycles. The van der Waals surface area contributed by atoms with Gasteiger partial charge in [-0.05, 0) is 20.3 Å². The van der Waals surface area contributed by atoms with Crippen molar-refractivity contribution >= 4 is 22.4 Å². The fourth-order valence-electron chi connectivity index (χ4n) is 2.58. The zero-order valence-corrected chi connectivity index (χ0v) is 14.4. The first-order valence-electron chi connectivity index (χ1n) is 7.67. The Balaban J connectivity index is 1.62. The van der Waals surface area contributed by atoms with Gasteiger partial charge in [-0.2, -0.15) is 0 Å². The first-order chi connectivity index (χ1) is 11.5. The van der Waals surface area contributed by atoms with Gasteiger partial charge >= 0.3 is 0 Å². The lowest BCUT2D eigenvalue weighted by Crippen LogP contribution is -2.50. The number of nitrogens with two attached hydrogens (primary N) is 1. The van der Waals surface area contributed by atoms with Gasteiger partial charge in [-0.3, -0.25) is 4.79 Å². The number of hydrogen-bond donors (Lipinski definition) is 2. The molecule has 0 aromatic carbocycles. The molecule has 3 rings (SSSR count). The van der Waals surface area contributed by atoms with E-state index in [0.29, 0.717) is 37.1 Å². The van der Waals surface area contributed by atoms with Crippen LogP contribution in [0.25, 0.3) is 0 Å². The van der Waals surface area contributed by atoms with E-state index in [2.05, 4.69) is 15.5 Å². The number of aryl methyl sites for hydroxylation is 2. The van der Waals surface area contributed by atoms with Crippen LogP contribution in [0.15, 0.2) is 9.90 Å². The third kappa shape index (κ3) is 3.74. The first-order valence-corrected chi connectivity index (χ1v) is 8.55. The molecule has 1 aliphatic rings. The van der Waals surface area contributed by atoms with Gasteiger partial charge in [-0.15, -0.1) is 11.3 Å². The molecule has 8 nitrogen and oxygen atoms in total. The van der Waals surface area contributed by atoms with E-state index in [-0.39, 0.29) is 18.1 Å². The summed E-state index contributed by atoms with van der Waals surface area (Å²) in [7, 11) is 0. The molecule has 0 spiro atoms. The maximum absolute atomic E-state index is 12.3. The van der Waals surface area contributed by atoms with Crippen LogP contribution in [0.3, 0.4) is 0 Å². The number of hydrogen-bond acceptors (Lipinski definition) is 8. The molecule has 1 fully saturated rings. The largest absolute Gasteiger partial charge is 0.379 e. The van der Waals surface area contributed by atoms with Gasteiger partial charge in [0, 0.05) is 17.6 Å². The molecule has 2 aromatic heterocycles. The highest BCUT2D eigenvalue weighted by atomic mass is 32.1. The minimum atomic E-state index is -0.274. The standard InChI is InChI=1S/C15H20N4O4S/c1-8-10(9(2)23-19-8)5-22-13-3-4-21-6-11(13)17-14(20)12-7-24-15(16)18-12/h7,11,13H,3-6H2,1-2H3,(H2,16,18)(H,17,20)/t11-,13-/m1/s1. The molecule has 3 heterocycles. The number of anilines is 1. The van der Waals surface area contributed by atoms with Crippen LogP contribution in [0.1, 0.15) is 33.9 Å². The van der Waals surface area contributed by atoms with Crippen molar-refractivity contribution in [3.63, 3.8) is 0 Å². The summed E-state index contributed by atoms with van der Waals surface area (Å²) < 4.78 is 16.6. The molecule has 2 atom stereocenters. The van der Waals surface area contributed by atoms with Crippen LogP contribution in [0, 0.1) is 13.8 Å². The normalized spacial score (nSPS) is 20.9. The number of carbonyl (C=O) groups is 1. The minimum Gasteiger partial charge on any atom is -0.379 e. The number of thiazole rings is 1. The van der Waals surface area contributed by atoms with Crippen LogP contribution in [0.4, 0.5) is 5.13 Å². The molecule has 0 unspecified atom stereocenters. The summed E-state index contributed by atoms with van der Waals surface area (Å²) in [6.07, 6.45) is 0.556. The number of nitrogens with one attached hydrogen (secondary N) is 1. The number of nitrogen functional groups attached to an aromatic ring is 1. The molecule has 0 aliphatic carbocycles. The molecule has 1 aliphatic heterocycles. The van der Waals surface area contributed by atoms with Gasteiger partial charge in [0.1, 0.15) is 11.5 Å². The Hall–Kier alpha value is -1.97. The van der Waals surface area contributed by atoms with Crippen LogP contribution >= 0.6 is 11.3 Å². The average Bonchev–Trinajstić information content (AvgIpc) is 3.13. The van der Waals surface area contributed by atoms with E-state index in [4.69, 9.17) is 19.7 Å². The predicted octanol–water partition coefficient (Wildman–Crippen LogP) is 1.43. The summed E-state index contributed by atoms with van der Waals surface area (Å²) in [5, 5.41) is 8.84. The van der Waals surface area contributed by atoms with Gasteiger partial charge < -0.3 is 25.0 Å². The van der Waals surface area contributed by atoms with E-state index in [1.165, 1.54) is 11.3 Å². The van der Waals surface area contributed by atoms with Crippen molar-refractivity contribution < 1.29 is 18.8 Å². The Bertz CT molecular complexity index is 695. The Kier molecular flexibility index (Phi) is 5.12. The fraction of sp³-hybridized carbons (Fsp3) is 0.533. The molecule has 2 aromatic rings. The monoisotopic (exact) mass is 352 g/mol. The molecule has 1 saturated heterocycles. The van der Waals surface area contributed by atoms with E-state index < -0.39 is 0 Å². The van der Waals surface area contributed by atoms with Crippen LogP contribution in [-0.4, -0.2) is 41.4 Å². The van der Waals surface area contributed by atoms with Gasteiger partial charge in [0.05, 0.1) is 31.1 Å². The second-order valence-corrected chi connectivity index (χ2v) is 6.56. The molecule has 0 bridgehead atoms. The number of carbonyl (C=O) groups excluding carboxylic acids is 1. The Morgan fingerprint density at radius 2 is 2.38 bits per heavy atom. The smallest absolute Gasteiger partial charge is 0.271 e. The third-order valence-electron chi connectivity index (χ3n) is 3.99. The molecule has 1 amide bonds. The summed E-state index contributed by atoms with van der Waals surface area (Å²) in [5.41, 5.74) is 7.64. The molecule has 0 radical (unpaired) electrons. The topological polar surface area (TPSA) is 112 Å². The van der Waals surface area contributed by atoms with E-state index in [1.807, 2.05) is 13.8 Å². The van der Waals surface area contributed by atoms with Crippen molar-refractivity contribution in [2.24, 2.45) is 0 Å². The number of ether oxygens (including phenoxy) is 2. The SMILES string of the molecule is Cc1noc(C)c1CO[C@@H]1CCOC[C@H]1NC(=O)c1csc(N)n1. The molecule has 9 heteroatoms. The second-order valence-electron chi connectivity index (χ2n) is 5.67.